The molecule has 0 spiro atoms. The number of rotatable bonds is 7. The summed E-state index contributed by atoms with van der Waals surface area (Å²) in [6.45, 7) is 6.93. The Hall–Kier alpha value is -2.99. The Bertz CT molecular complexity index is 1510. The number of aromatic hydroxyl groups is 1. The number of pyridine rings is 1. The van der Waals surface area contributed by atoms with Gasteiger partial charge in [0, 0.05) is 30.1 Å². The lowest BCUT2D eigenvalue weighted by Gasteiger charge is -2.33. The smallest absolute Gasteiger partial charge is 0.210 e. The molecule has 0 radical (unpaired) electrons. The van der Waals surface area contributed by atoms with Gasteiger partial charge in [-0.2, -0.15) is 0 Å². The Morgan fingerprint density at radius 3 is 2.38 bits per heavy atom. The molecule has 0 unspecified atom stereocenters. The third-order valence-corrected chi connectivity index (χ3v) is 8.84. The molecule has 0 fully saturated rings. The van der Waals surface area contributed by atoms with Crippen molar-refractivity contribution in [2.45, 2.75) is 57.1 Å². The quantitative estimate of drug-likeness (QED) is 0.242. The highest BCUT2D eigenvalue weighted by Gasteiger charge is 2.44. The van der Waals surface area contributed by atoms with Crippen molar-refractivity contribution in [3.8, 4) is 11.5 Å². The molecular formula is C29H37NO8S2. The van der Waals surface area contributed by atoms with Crippen LogP contribution in [0.15, 0.2) is 71.9 Å². The Morgan fingerprint density at radius 2 is 1.75 bits per heavy atom. The van der Waals surface area contributed by atoms with Crippen LogP contribution in [0.4, 0.5) is 0 Å². The number of unbranched alkanes of at least 4 members (excludes halogenated alkanes) is 1. The van der Waals surface area contributed by atoms with Crippen LogP contribution in [0.2, 0.25) is 0 Å². The summed E-state index contributed by atoms with van der Waals surface area (Å²) in [7, 11) is -7.44. The summed E-state index contributed by atoms with van der Waals surface area (Å²) in [5.41, 5.74) is 1.67. The van der Waals surface area contributed by atoms with Gasteiger partial charge in [-0.1, -0.05) is 43.7 Å². The molecule has 2 aromatic carbocycles. The Morgan fingerprint density at radius 1 is 1.10 bits per heavy atom. The standard InChI is InChI=1S/C28H33NO5S.CH4O3S/c1-20-8-13-25-24(17-20)26(27(31)28(2,3)19-35(25,32)33)21-9-11-23(12-10-21)34-16-5-4-14-29-15-6-7-22(30)18-29;1-5(2,3)4/h6-13,15,17-18,26-27,31H,4-5,14,16,19H2,1-3H3;1H3,(H,2,3,4)/t26-,27-;/m1./s1. The van der Waals surface area contributed by atoms with Crippen molar-refractivity contribution < 1.29 is 40.9 Å². The first-order valence-corrected chi connectivity index (χ1v) is 16.4. The number of hydrogen-bond acceptors (Lipinski definition) is 8. The van der Waals surface area contributed by atoms with Crippen molar-refractivity contribution in [1.82, 2.24) is 0 Å². The van der Waals surface area contributed by atoms with Crippen LogP contribution in [-0.2, 0) is 26.5 Å². The Kier molecular flexibility index (Phi) is 9.99. The van der Waals surface area contributed by atoms with Gasteiger partial charge in [0.25, 0.3) is 0 Å². The van der Waals surface area contributed by atoms with Crippen LogP contribution in [0.25, 0.3) is 0 Å². The van der Waals surface area contributed by atoms with E-state index in [-0.39, 0.29) is 11.5 Å². The first-order chi connectivity index (χ1) is 18.6. The molecule has 218 valence electrons. The van der Waals surface area contributed by atoms with E-state index in [4.69, 9.17) is 17.7 Å². The largest absolute Gasteiger partial charge is 0.748 e. The fourth-order valence-electron chi connectivity index (χ4n) is 4.84. The molecule has 1 aromatic heterocycles. The lowest BCUT2D eigenvalue weighted by atomic mass is 9.75. The predicted molar refractivity (Wildman–Crippen MR) is 150 cm³/mol. The number of sulfone groups is 1. The fourth-order valence-corrected chi connectivity index (χ4v) is 6.96. The zero-order valence-corrected chi connectivity index (χ0v) is 24.8. The molecule has 0 saturated heterocycles. The molecule has 3 aromatic rings. The minimum absolute atomic E-state index is 0.101. The minimum atomic E-state index is -3.92. The van der Waals surface area contributed by atoms with Crippen molar-refractivity contribution >= 4 is 20.0 Å². The summed E-state index contributed by atoms with van der Waals surface area (Å²) in [6.07, 6.45) is 5.15. The molecule has 0 bridgehead atoms. The third kappa shape index (κ3) is 8.76. The van der Waals surface area contributed by atoms with Gasteiger partial charge in [-0.25, -0.2) is 21.4 Å². The van der Waals surface area contributed by atoms with Crippen molar-refractivity contribution in [2.75, 3.05) is 18.6 Å². The number of fused-ring (bicyclic) bond motifs is 1. The topological polar surface area (TPSA) is 145 Å². The van der Waals surface area contributed by atoms with Gasteiger partial charge >= 0.3 is 0 Å². The number of aliphatic hydroxyl groups is 1. The number of aryl methyl sites for hydroxylation is 2. The molecule has 2 N–H and O–H groups in total. The summed E-state index contributed by atoms with van der Waals surface area (Å²) in [4.78, 5) is 0.308. The second-order valence-electron chi connectivity index (χ2n) is 10.8. The van der Waals surface area contributed by atoms with E-state index in [1.54, 1.807) is 18.3 Å². The lowest BCUT2D eigenvalue weighted by Crippen LogP contribution is -2.38. The fraction of sp³-hybridized carbons (Fsp3) is 0.414. The predicted octanol–water partition coefficient (Wildman–Crippen LogP) is 3.32. The molecule has 0 aliphatic carbocycles. The van der Waals surface area contributed by atoms with Crippen LogP contribution in [0, 0.1) is 12.3 Å². The highest BCUT2D eigenvalue weighted by atomic mass is 32.2. The van der Waals surface area contributed by atoms with E-state index in [1.165, 1.54) is 0 Å². The number of benzene rings is 2. The summed E-state index contributed by atoms with van der Waals surface area (Å²) in [6, 6.07) is 16.4. The van der Waals surface area contributed by atoms with Gasteiger partial charge in [0.1, 0.15) is 12.3 Å². The summed E-state index contributed by atoms with van der Waals surface area (Å²) >= 11 is 0. The number of ether oxygens (including phenoxy) is 1. The number of nitrogens with zero attached hydrogens (tertiary/aromatic N) is 1. The van der Waals surface area contributed by atoms with E-state index in [9.17, 15) is 18.6 Å². The van der Waals surface area contributed by atoms with Gasteiger partial charge in [-0.3, -0.25) is 0 Å². The molecule has 1 aliphatic rings. The van der Waals surface area contributed by atoms with Gasteiger partial charge in [-0.05, 0) is 48.7 Å². The van der Waals surface area contributed by atoms with Crippen LogP contribution in [0.1, 0.15) is 49.3 Å². The molecule has 40 heavy (non-hydrogen) atoms. The van der Waals surface area contributed by atoms with E-state index >= 15 is 0 Å². The monoisotopic (exact) mass is 591 g/mol. The Labute approximate surface area is 236 Å². The lowest BCUT2D eigenvalue weighted by molar-refractivity contribution is -0.697. The zero-order chi connectivity index (χ0) is 29.7. The van der Waals surface area contributed by atoms with Crippen LogP contribution < -0.4 is 9.30 Å². The first-order valence-electron chi connectivity index (χ1n) is 12.9. The molecule has 11 heteroatoms. The van der Waals surface area contributed by atoms with Crippen molar-refractivity contribution in [1.29, 1.82) is 0 Å². The number of aliphatic hydroxyl groups excluding tert-OH is 1. The molecular weight excluding hydrogens is 554 g/mol. The van der Waals surface area contributed by atoms with Crippen molar-refractivity contribution in [3.05, 3.63) is 83.7 Å². The molecule has 0 saturated carbocycles. The van der Waals surface area contributed by atoms with Gasteiger partial charge < -0.3 is 19.5 Å². The summed E-state index contributed by atoms with van der Waals surface area (Å²) < 4.78 is 61.3. The maximum atomic E-state index is 13.1. The Balaban J connectivity index is 0.000000810. The van der Waals surface area contributed by atoms with Crippen LogP contribution in [0.3, 0.4) is 0 Å². The molecule has 2 atom stereocenters. The molecule has 9 nitrogen and oxygen atoms in total. The summed E-state index contributed by atoms with van der Waals surface area (Å²) in [5, 5.41) is 20.9. The van der Waals surface area contributed by atoms with Crippen LogP contribution in [0.5, 0.6) is 11.5 Å². The second kappa shape index (κ2) is 12.7. The van der Waals surface area contributed by atoms with Crippen molar-refractivity contribution in [2.24, 2.45) is 5.41 Å². The van der Waals surface area contributed by atoms with E-state index < -0.39 is 37.4 Å². The zero-order valence-electron chi connectivity index (χ0n) is 23.1. The molecule has 2 heterocycles. The van der Waals surface area contributed by atoms with E-state index in [1.807, 2.05) is 74.0 Å². The molecule has 4 rings (SSSR count). The van der Waals surface area contributed by atoms with Gasteiger partial charge in [0.05, 0.1) is 33.5 Å². The summed E-state index contributed by atoms with van der Waals surface area (Å²) in [5.74, 6) is 0.431. The van der Waals surface area contributed by atoms with E-state index in [2.05, 4.69) is 0 Å². The van der Waals surface area contributed by atoms with E-state index in [0.29, 0.717) is 23.3 Å². The van der Waals surface area contributed by atoms with E-state index in [0.717, 1.165) is 36.3 Å². The highest BCUT2D eigenvalue weighted by molar-refractivity contribution is 7.91. The minimum Gasteiger partial charge on any atom is -0.748 e. The average Bonchev–Trinajstić information content (AvgIpc) is 2.88. The van der Waals surface area contributed by atoms with Gasteiger partial charge in [0.2, 0.25) is 6.20 Å². The van der Waals surface area contributed by atoms with Gasteiger partial charge in [-0.15, -0.1) is 0 Å². The highest BCUT2D eigenvalue weighted by Crippen LogP contribution is 2.45. The average molecular weight is 592 g/mol. The maximum Gasteiger partial charge on any atom is 0.210 e. The number of aromatic nitrogens is 1. The van der Waals surface area contributed by atoms with Gasteiger partial charge in [0.15, 0.2) is 21.8 Å². The SMILES string of the molecule is CS(=O)(=O)[O-].Cc1ccc2c(c1)[C@@H](c1ccc(OCCCC[n+]3cccc(O)c3)cc1)[C@@H](O)C(C)(C)CS2(=O)=O. The second-order valence-corrected chi connectivity index (χ2v) is 14.2. The number of hydrogen-bond donors (Lipinski definition) is 2. The first kappa shape index (κ1) is 31.5. The molecule has 0 amide bonds. The maximum absolute atomic E-state index is 13.1. The van der Waals surface area contributed by atoms with Crippen molar-refractivity contribution in [3.63, 3.8) is 0 Å². The van der Waals surface area contributed by atoms with Crippen LogP contribution >= 0.6 is 0 Å². The molecule has 1 aliphatic heterocycles. The normalized spacial score (nSPS) is 19.4. The van der Waals surface area contributed by atoms with Crippen LogP contribution in [-0.4, -0.2) is 56.3 Å². The third-order valence-electron chi connectivity index (χ3n) is 6.68.